The molecule has 0 radical (unpaired) electrons. The van der Waals surface area contributed by atoms with Crippen LogP contribution < -0.4 is 5.32 Å². The Morgan fingerprint density at radius 1 is 1.41 bits per heavy atom. The maximum Gasteiger partial charge on any atom is 0.147 e. The predicted octanol–water partition coefficient (Wildman–Crippen LogP) is 0.495. The van der Waals surface area contributed by atoms with Crippen molar-refractivity contribution in [2.75, 3.05) is 38.2 Å². The van der Waals surface area contributed by atoms with Gasteiger partial charge in [-0.05, 0) is 38.6 Å². The normalized spacial score (nSPS) is 31.6. The molecule has 1 atom stereocenters. The zero-order chi connectivity index (χ0) is 12.5. The molecule has 1 unspecified atom stereocenters. The fourth-order valence-corrected chi connectivity index (χ4v) is 3.57. The highest BCUT2D eigenvalue weighted by Crippen LogP contribution is 2.43. The number of nitrogens with one attached hydrogen (secondary N) is 1. The van der Waals surface area contributed by atoms with Gasteiger partial charge in [0.1, 0.15) is 9.84 Å². The fraction of sp³-hybridized carbons (Fsp3) is 1.00. The van der Waals surface area contributed by atoms with E-state index >= 15 is 0 Å². The van der Waals surface area contributed by atoms with Gasteiger partial charge >= 0.3 is 0 Å². The molecule has 0 aromatic heterocycles. The minimum absolute atomic E-state index is 0.260. The second-order valence-corrected chi connectivity index (χ2v) is 8.04. The topological polar surface area (TPSA) is 49.4 Å². The molecule has 2 fully saturated rings. The molecule has 1 aliphatic carbocycles. The summed E-state index contributed by atoms with van der Waals surface area (Å²) in [5.41, 5.74) is 0.260. The Morgan fingerprint density at radius 2 is 2.12 bits per heavy atom. The van der Waals surface area contributed by atoms with Crippen molar-refractivity contribution in [3.05, 3.63) is 0 Å². The largest absolute Gasteiger partial charge is 0.314 e. The molecular formula is C12H24N2O2S. The third-order valence-electron chi connectivity index (χ3n) is 4.16. The van der Waals surface area contributed by atoms with Crippen LogP contribution in [0.2, 0.25) is 0 Å². The van der Waals surface area contributed by atoms with Crippen molar-refractivity contribution in [1.29, 1.82) is 0 Å². The van der Waals surface area contributed by atoms with Gasteiger partial charge in [0.25, 0.3) is 0 Å². The molecule has 17 heavy (non-hydrogen) atoms. The first-order valence-electron chi connectivity index (χ1n) is 6.55. The van der Waals surface area contributed by atoms with E-state index in [1.54, 1.807) is 0 Å². The first-order valence-corrected chi connectivity index (χ1v) is 8.61. The highest BCUT2D eigenvalue weighted by atomic mass is 32.2. The molecule has 1 aliphatic heterocycles. The molecule has 1 saturated heterocycles. The summed E-state index contributed by atoms with van der Waals surface area (Å²) in [6.07, 6.45) is 4.76. The Bertz CT molecular complexity index is 365. The highest BCUT2D eigenvalue weighted by molar-refractivity contribution is 7.90. The summed E-state index contributed by atoms with van der Waals surface area (Å²) < 4.78 is 22.3. The molecule has 1 N–H and O–H groups in total. The quantitative estimate of drug-likeness (QED) is 0.782. The van der Waals surface area contributed by atoms with E-state index in [-0.39, 0.29) is 5.54 Å². The summed E-state index contributed by atoms with van der Waals surface area (Å²) in [6.45, 7) is 6.38. The minimum Gasteiger partial charge on any atom is -0.314 e. The maximum absolute atomic E-state index is 11.1. The van der Waals surface area contributed by atoms with E-state index in [1.807, 2.05) is 0 Å². The van der Waals surface area contributed by atoms with Crippen LogP contribution >= 0.6 is 0 Å². The SMILES string of the molecule is CC1(C2CC2)CNCCN1CCCS(C)(=O)=O. The summed E-state index contributed by atoms with van der Waals surface area (Å²) in [5, 5.41) is 3.47. The lowest BCUT2D eigenvalue weighted by molar-refractivity contribution is 0.0563. The molecule has 2 aliphatic rings. The van der Waals surface area contributed by atoms with Crippen LogP contribution in [-0.2, 0) is 9.84 Å². The zero-order valence-electron chi connectivity index (χ0n) is 10.9. The zero-order valence-corrected chi connectivity index (χ0v) is 11.7. The van der Waals surface area contributed by atoms with Crippen molar-refractivity contribution >= 4 is 9.84 Å². The summed E-state index contributed by atoms with van der Waals surface area (Å²) in [6, 6.07) is 0. The molecule has 0 bridgehead atoms. The van der Waals surface area contributed by atoms with Crippen LogP contribution in [0.3, 0.4) is 0 Å². The summed E-state index contributed by atoms with van der Waals surface area (Å²) >= 11 is 0. The highest BCUT2D eigenvalue weighted by Gasteiger charge is 2.46. The standard InChI is InChI=1S/C12H24N2O2S/c1-12(11-4-5-11)10-13-6-8-14(12)7-3-9-17(2,15)16/h11,13H,3-10H2,1-2H3. The molecule has 5 heteroatoms. The Kier molecular flexibility index (Phi) is 3.80. The second-order valence-electron chi connectivity index (χ2n) is 5.78. The van der Waals surface area contributed by atoms with Gasteiger partial charge < -0.3 is 5.32 Å². The van der Waals surface area contributed by atoms with E-state index in [2.05, 4.69) is 17.1 Å². The maximum atomic E-state index is 11.1. The van der Waals surface area contributed by atoms with E-state index < -0.39 is 9.84 Å². The fourth-order valence-electron chi connectivity index (χ4n) is 2.92. The Morgan fingerprint density at radius 3 is 2.71 bits per heavy atom. The monoisotopic (exact) mass is 260 g/mol. The van der Waals surface area contributed by atoms with Gasteiger partial charge in [0.15, 0.2) is 0 Å². The van der Waals surface area contributed by atoms with Crippen LogP contribution in [-0.4, -0.2) is 57.0 Å². The second kappa shape index (κ2) is 4.86. The van der Waals surface area contributed by atoms with Crippen molar-refractivity contribution in [1.82, 2.24) is 10.2 Å². The summed E-state index contributed by atoms with van der Waals surface area (Å²) in [7, 11) is -2.81. The number of piperazine rings is 1. The number of rotatable bonds is 5. The number of nitrogens with zero attached hydrogens (tertiary/aromatic N) is 1. The van der Waals surface area contributed by atoms with E-state index in [0.717, 1.165) is 38.5 Å². The van der Waals surface area contributed by atoms with Gasteiger partial charge in [0, 0.05) is 31.4 Å². The van der Waals surface area contributed by atoms with Crippen LogP contribution in [0.4, 0.5) is 0 Å². The molecule has 100 valence electrons. The van der Waals surface area contributed by atoms with Crippen LogP contribution in [0.1, 0.15) is 26.2 Å². The van der Waals surface area contributed by atoms with E-state index in [0.29, 0.717) is 5.75 Å². The van der Waals surface area contributed by atoms with Gasteiger partial charge in [-0.3, -0.25) is 4.90 Å². The summed E-state index contributed by atoms with van der Waals surface area (Å²) in [5.74, 6) is 1.13. The molecule has 0 aromatic rings. The molecular weight excluding hydrogens is 236 g/mol. The molecule has 2 rings (SSSR count). The van der Waals surface area contributed by atoms with Crippen molar-refractivity contribution < 1.29 is 8.42 Å². The van der Waals surface area contributed by atoms with Crippen molar-refractivity contribution in [2.45, 2.75) is 31.7 Å². The molecule has 0 spiro atoms. The molecule has 1 saturated carbocycles. The lowest BCUT2D eigenvalue weighted by Crippen LogP contribution is -2.61. The van der Waals surface area contributed by atoms with E-state index in [9.17, 15) is 8.42 Å². The van der Waals surface area contributed by atoms with Crippen LogP contribution in [0.5, 0.6) is 0 Å². The Hall–Kier alpha value is -0.130. The molecule has 1 heterocycles. The number of hydrogen-bond acceptors (Lipinski definition) is 4. The number of hydrogen-bond donors (Lipinski definition) is 1. The predicted molar refractivity (Wildman–Crippen MR) is 69.9 cm³/mol. The first-order chi connectivity index (χ1) is 7.92. The van der Waals surface area contributed by atoms with Gasteiger partial charge in [-0.25, -0.2) is 8.42 Å². The Labute approximate surface area is 105 Å². The van der Waals surface area contributed by atoms with Crippen molar-refractivity contribution in [2.24, 2.45) is 5.92 Å². The third-order valence-corrected chi connectivity index (χ3v) is 5.19. The van der Waals surface area contributed by atoms with Gasteiger partial charge in [-0.15, -0.1) is 0 Å². The van der Waals surface area contributed by atoms with Gasteiger partial charge in [0.05, 0.1) is 5.75 Å². The van der Waals surface area contributed by atoms with Gasteiger partial charge in [-0.1, -0.05) is 0 Å². The van der Waals surface area contributed by atoms with Gasteiger partial charge in [0.2, 0.25) is 0 Å². The first kappa shape index (κ1) is 13.3. The Balaban J connectivity index is 1.88. The average Bonchev–Trinajstić information content (AvgIpc) is 3.02. The van der Waals surface area contributed by atoms with E-state index in [1.165, 1.54) is 19.1 Å². The number of sulfone groups is 1. The molecule has 0 aromatic carbocycles. The smallest absolute Gasteiger partial charge is 0.147 e. The lowest BCUT2D eigenvalue weighted by atomic mass is 9.91. The van der Waals surface area contributed by atoms with Crippen LogP contribution in [0.25, 0.3) is 0 Å². The van der Waals surface area contributed by atoms with Gasteiger partial charge in [-0.2, -0.15) is 0 Å². The van der Waals surface area contributed by atoms with Crippen LogP contribution in [0.15, 0.2) is 0 Å². The summed E-state index contributed by atoms with van der Waals surface area (Å²) in [4.78, 5) is 2.51. The van der Waals surface area contributed by atoms with E-state index in [4.69, 9.17) is 0 Å². The van der Waals surface area contributed by atoms with Crippen LogP contribution in [0, 0.1) is 5.92 Å². The minimum atomic E-state index is -2.81. The molecule has 0 amide bonds. The average molecular weight is 260 g/mol. The third kappa shape index (κ3) is 3.42. The molecule has 4 nitrogen and oxygen atoms in total. The van der Waals surface area contributed by atoms with Crippen molar-refractivity contribution in [3.63, 3.8) is 0 Å². The van der Waals surface area contributed by atoms with Crippen molar-refractivity contribution in [3.8, 4) is 0 Å². The lowest BCUT2D eigenvalue weighted by Gasteiger charge is -2.46.